The second-order valence-corrected chi connectivity index (χ2v) is 5.12. The molecule has 0 rings (SSSR count). The number of rotatable bonds is 12. The predicted octanol–water partition coefficient (Wildman–Crippen LogP) is 2.15. The molecule has 0 heterocycles. The van der Waals surface area contributed by atoms with Crippen LogP contribution in [-0.2, 0) is 19.2 Å². The van der Waals surface area contributed by atoms with Gasteiger partial charge in [0.05, 0.1) is 26.2 Å². The van der Waals surface area contributed by atoms with Crippen molar-refractivity contribution >= 4 is 24.3 Å². The molecule has 0 amide bonds. The molecule has 0 aromatic carbocycles. The first kappa shape index (κ1) is 23.8. The Morgan fingerprint density at radius 1 is 0.750 bits per heavy atom. The summed E-state index contributed by atoms with van der Waals surface area (Å²) in [5.74, 6) is 0.678. The lowest BCUT2D eigenvalue weighted by atomic mass is 10.0. The Morgan fingerprint density at radius 3 is 1.83 bits per heavy atom. The van der Waals surface area contributed by atoms with E-state index in [0.29, 0.717) is 38.0 Å². The summed E-state index contributed by atoms with van der Waals surface area (Å²) in [7, 11) is 0. The van der Waals surface area contributed by atoms with Crippen molar-refractivity contribution in [2.75, 3.05) is 26.2 Å². The number of hydrogen-bond acceptors (Lipinski definition) is 8. The van der Waals surface area contributed by atoms with Gasteiger partial charge in [0.2, 0.25) is 24.3 Å². The summed E-state index contributed by atoms with van der Waals surface area (Å²) in [4.78, 5) is 52.6. The first-order valence-corrected chi connectivity index (χ1v) is 7.80. The maximum atomic E-state index is 9.78. The predicted molar refractivity (Wildman–Crippen MR) is 88.8 cm³/mol. The zero-order chi connectivity index (χ0) is 18.5. The molecule has 24 heavy (non-hydrogen) atoms. The Hall–Kier alpha value is -2.48. The van der Waals surface area contributed by atoms with E-state index in [2.05, 4.69) is 20.0 Å². The van der Waals surface area contributed by atoms with E-state index in [4.69, 9.17) is 0 Å². The molecule has 0 aliphatic carbocycles. The Kier molecular flexibility index (Phi) is 20.3. The average Bonchev–Trinajstić information content (AvgIpc) is 2.60. The molecule has 0 radical (unpaired) electrons. The fourth-order valence-corrected chi connectivity index (χ4v) is 1.73. The minimum atomic E-state index is 0.323. The van der Waals surface area contributed by atoms with E-state index in [0.717, 1.165) is 25.7 Å². The van der Waals surface area contributed by atoms with Crippen LogP contribution in [0.5, 0.6) is 0 Å². The Balaban J connectivity index is 0. The maximum absolute atomic E-state index is 9.78. The summed E-state index contributed by atoms with van der Waals surface area (Å²) in [5, 5.41) is 0. The molecule has 0 spiro atoms. The number of aliphatic imine (C=N–C) groups is 4. The van der Waals surface area contributed by atoms with Crippen LogP contribution in [0, 0.1) is 11.8 Å². The van der Waals surface area contributed by atoms with Gasteiger partial charge in [0.1, 0.15) is 0 Å². The molecule has 8 nitrogen and oxygen atoms in total. The van der Waals surface area contributed by atoms with Gasteiger partial charge in [0, 0.05) is 0 Å². The zero-order valence-corrected chi connectivity index (χ0v) is 14.2. The molecule has 2 unspecified atom stereocenters. The van der Waals surface area contributed by atoms with Crippen LogP contribution in [0.2, 0.25) is 0 Å². The van der Waals surface area contributed by atoms with Gasteiger partial charge in [0.25, 0.3) is 0 Å². The fourth-order valence-electron chi connectivity index (χ4n) is 1.73. The van der Waals surface area contributed by atoms with E-state index in [-0.39, 0.29) is 0 Å². The Labute approximate surface area is 141 Å². The van der Waals surface area contributed by atoms with Gasteiger partial charge in [-0.05, 0) is 31.1 Å². The van der Waals surface area contributed by atoms with Crippen molar-refractivity contribution in [2.24, 2.45) is 31.8 Å². The van der Waals surface area contributed by atoms with Gasteiger partial charge in [-0.15, -0.1) is 0 Å². The smallest absolute Gasteiger partial charge is 0.211 e. The number of nitrogens with zero attached hydrogens (tertiary/aromatic N) is 4. The molecule has 0 bridgehead atoms. The monoisotopic (exact) mass is 336 g/mol. The molecule has 0 saturated heterocycles. The van der Waals surface area contributed by atoms with Crippen LogP contribution >= 0.6 is 0 Å². The summed E-state index contributed by atoms with van der Waals surface area (Å²) in [6.45, 7) is 5.97. The second kappa shape index (κ2) is 20.5. The molecule has 8 heteroatoms. The van der Waals surface area contributed by atoms with Crippen molar-refractivity contribution in [2.45, 2.75) is 39.5 Å². The molecule has 0 aromatic heterocycles. The van der Waals surface area contributed by atoms with Crippen LogP contribution in [0.4, 0.5) is 0 Å². The third kappa shape index (κ3) is 19.5. The third-order valence-corrected chi connectivity index (χ3v) is 3.20. The minimum Gasteiger partial charge on any atom is -0.211 e. The lowest BCUT2D eigenvalue weighted by Gasteiger charge is -2.07. The van der Waals surface area contributed by atoms with Crippen LogP contribution in [0.25, 0.3) is 0 Å². The molecule has 0 saturated carbocycles. The van der Waals surface area contributed by atoms with Gasteiger partial charge in [-0.1, -0.05) is 20.3 Å². The molecule has 0 N–H and O–H groups in total. The van der Waals surface area contributed by atoms with E-state index < -0.39 is 0 Å². The average molecular weight is 336 g/mol. The number of carbonyl (C=O) groups excluding carboxylic acids is 4. The largest absolute Gasteiger partial charge is 0.234 e. The molecular formula is C16H24N4O4. The van der Waals surface area contributed by atoms with Gasteiger partial charge in [-0.2, -0.15) is 0 Å². The fraction of sp³-hybridized carbons (Fsp3) is 0.750. The highest BCUT2D eigenvalue weighted by Crippen LogP contribution is 2.07. The van der Waals surface area contributed by atoms with E-state index in [1.807, 2.05) is 13.8 Å². The van der Waals surface area contributed by atoms with Crippen molar-refractivity contribution in [3.8, 4) is 0 Å². The topological polar surface area (TPSA) is 118 Å². The van der Waals surface area contributed by atoms with E-state index in [9.17, 15) is 19.2 Å². The lowest BCUT2D eigenvalue weighted by Crippen LogP contribution is -2.04. The number of hydrogen-bond donors (Lipinski definition) is 0. The van der Waals surface area contributed by atoms with Gasteiger partial charge >= 0.3 is 0 Å². The summed E-state index contributed by atoms with van der Waals surface area (Å²) < 4.78 is 0. The third-order valence-electron chi connectivity index (χ3n) is 3.20. The Morgan fingerprint density at radius 2 is 1.29 bits per heavy atom. The van der Waals surface area contributed by atoms with E-state index in [1.54, 1.807) is 0 Å². The zero-order valence-electron chi connectivity index (χ0n) is 14.2. The van der Waals surface area contributed by atoms with Crippen LogP contribution in [0.15, 0.2) is 20.0 Å². The standard InChI is InChI=1S/2C8H12N2O2/c1-8(5-10-7-12)3-2-4-9-6-11;1-2-8(5-10-7-12)3-4-9-6-11/h2*8H,2-5H2,1H3. The highest BCUT2D eigenvalue weighted by atomic mass is 16.1. The van der Waals surface area contributed by atoms with E-state index in [1.165, 1.54) is 24.3 Å². The van der Waals surface area contributed by atoms with E-state index >= 15 is 0 Å². The maximum Gasteiger partial charge on any atom is 0.234 e. The van der Waals surface area contributed by atoms with Crippen molar-refractivity contribution in [1.29, 1.82) is 0 Å². The molecule has 0 aromatic rings. The van der Waals surface area contributed by atoms with Crippen LogP contribution < -0.4 is 0 Å². The van der Waals surface area contributed by atoms with Gasteiger partial charge in [-0.25, -0.2) is 39.1 Å². The van der Waals surface area contributed by atoms with Crippen LogP contribution in [-0.4, -0.2) is 50.5 Å². The highest BCUT2D eigenvalue weighted by Gasteiger charge is 2.03. The highest BCUT2D eigenvalue weighted by molar-refractivity contribution is 5.33. The van der Waals surface area contributed by atoms with Crippen LogP contribution in [0.3, 0.4) is 0 Å². The number of isocyanates is 4. The lowest BCUT2D eigenvalue weighted by molar-refractivity contribution is 0.483. The molecule has 0 aliphatic heterocycles. The van der Waals surface area contributed by atoms with Gasteiger partial charge in [0.15, 0.2) is 0 Å². The SMILES string of the molecule is CC(CCCN=C=O)CN=C=O.CCC(CCN=C=O)CN=C=O. The van der Waals surface area contributed by atoms with Crippen molar-refractivity contribution < 1.29 is 19.2 Å². The minimum absolute atomic E-state index is 0.323. The molecule has 0 fully saturated rings. The summed E-state index contributed by atoms with van der Waals surface area (Å²) in [5.41, 5.74) is 0. The summed E-state index contributed by atoms with van der Waals surface area (Å²) in [6.07, 6.45) is 9.38. The first-order chi connectivity index (χ1) is 11.7. The normalized spacial score (nSPS) is 11.1. The first-order valence-electron chi connectivity index (χ1n) is 7.80. The molecule has 132 valence electrons. The molecular weight excluding hydrogens is 312 g/mol. The summed E-state index contributed by atoms with van der Waals surface area (Å²) in [6, 6.07) is 0. The van der Waals surface area contributed by atoms with Crippen LogP contribution in [0.1, 0.15) is 39.5 Å². The van der Waals surface area contributed by atoms with Gasteiger partial charge in [-0.3, -0.25) is 0 Å². The quantitative estimate of drug-likeness (QED) is 0.308. The molecule has 0 aliphatic rings. The van der Waals surface area contributed by atoms with Crippen molar-refractivity contribution in [3.63, 3.8) is 0 Å². The van der Waals surface area contributed by atoms with Crippen molar-refractivity contribution in [1.82, 2.24) is 0 Å². The summed E-state index contributed by atoms with van der Waals surface area (Å²) >= 11 is 0. The van der Waals surface area contributed by atoms with Crippen molar-refractivity contribution in [3.05, 3.63) is 0 Å². The molecule has 2 atom stereocenters. The van der Waals surface area contributed by atoms with Gasteiger partial charge < -0.3 is 0 Å². The Bertz CT molecular complexity index is 498. The second-order valence-electron chi connectivity index (χ2n) is 5.12.